The van der Waals surface area contributed by atoms with E-state index in [2.05, 4.69) is 46.0 Å². The predicted octanol–water partition coefficient (Wildman–Crippen LogP) is 6.72. The lowest BCUT2D eigenvalue weighted by atomic mass is 9.47. The molecule has 1 heterocycles. The molecule has 1 aliphatic heterocycles. The van der Waals surface area contributed by atoms with Crippen LogP contribution in [0, 0.1) is 40.4 Å². The molecule has 5 heteroatoms. The quantitative estimate of drug-likeness (QED) is 0.317. The fourth-order valence-electron chi connectivity index (χ4n) is 9.93. The Morgan fingerprint density at radius 2 is 1.92 bits per heavy atom. The lowest BCUT2D eigenvalue weighted by Gasteiger charge is -2.58. The van der Waals surface area contributed by atoms with Crippen LogP contribution in [0.1, 0.15) is 106 Å². The zero-order chi connectivity index (χ0) is 26.8. The third-order valence-electron chi connectivity index (χ3n) is 11.5. The number of fused-ring (bicyclic) bond motifs is 7. The number of ether oxygens (including phenoxy) is 2. The van der Waals surface area contributed by atoms with E-state index in [-0.39, 0.29) is 29.0 Å². The van der Waals surface area contributed by atoms with Gasteiger partial charge >= 0.3 is 5.97 Å². The van der Waals surface area contributed by atoms with Gasteiger partial charge in [0.25, 0.3) is 0 Å². The van der Waals surface area contributed by atoms with Gasteiger partial charge < -0.3 is 14.8 Å². The maximum absolute atomic E-state index is 11.6. The van der Waals surface area contributed by atoms with Gasteiger partial charge in [0.15, 0.2) is 0 Å². The summed E-state index contributed by atoms with van der Waals surface area (Å²) in [5, 5.41) is 2.96. The lowest BCUT2D eigenvalue weighted by Crippen LogP contribution is -2.50. The molecule has 37 heavy (non-hydrogen) atoms. The molecule has 5 aliphatic rings. The number of hydrogen-bond acceptors (Lipinski definition) is 4. The van der Waals surface area contributed by atoms with Crippen molar-refractivity contribution in [2.24, 2.45) is 40.4 Å². The minimum atomic E-state index is -0.146. The highest BCUT2D eigenvalue weighted by Crippen LogP contribution is 2.71. The minimum absolute atomic E-state index is 0.0481. The van der Waals surface area contributed by atoms with Gasteiger partial charge in [-0.05, 0) is 98.9 Å². The Morgan fingerprint density at radius 3 is 2.62 bits per heavy atom. The first-order valence-electron chi connectivity index (χ1n) is 14.9. The summed E-state index contributed by atoms with van der Waals surface area (Å²) in [6.45, 7) is 15.9. The van der Waals surface area contributed by atoms with Crippen LogP contribution in [0.4, 0.5) is 0 Å². The second-order valence-electron chi connectivity index (χ2n) is 14.0. The molecular formula is C32H49NO4. The van der Waals surface area contributed by atoms with Crippen molar-refractivity contribution in [3.8, 4) is 0 Å². The van der Waals surface area contributed by atoms with Gasteiger partial charge in [0, 0.05) is 39.2 Å². The van der Waals surface area contributed by atoms with Crippen LogP contribution in [-0.2, 0) is 19.1 Å². The molecule has 5 rings (SSSR count). The van der Waals surface area contributed by atoms with E-state index in [9.17, 15) is 9.59 Å². The summed E-state index contributed by atoms with van der Waals surface area (Å²) >= 11 is 0. The van der Waals surface area contributed by atoms with E-state index in [0.29, 0.717) is 23.2 Å². The van der Waals surface area contributed by atoms with Crippen LogP contribution >= 0.6 is 0 Å². The number of carbonyl (C=O) groups excluding carboxylic acids is 2. The molecule has 0 unspecified atom stereocenters. The molecule has 0 aromatic carbocycles. The van der Waals surface area contributed by atoms with Crippen LogP contribution in [0.25, 0.3) is 0 Å². The summed E-state index contributed by atoms with van der Waals surface area (Å²) in [5.74, 6) is 4.22. The number of esters is 1. The molecule has 9 atom stereocenters. The first-order valence-corrected chi connectivity index (χ1v) is 14.9. The van der Waals surface area contributed by atoms with Crippen molar-refractivity contribution in [2.75, 3.05) is 6.54 Å². The molecule has 0 saturated heterocycles. The van der Waals surface area contributed by atoms with Gasteiger partial charge in [-0.15, -0.1) is 0 Å². The maximum atomic E-state index is 11.6. The molecule has 206 valence electrons. The SMILES string of the molecule is CC(=O)NC[C@H](C)CCC1=C(C)[C@@H]2[C@@]3(C)CC[C@H]4[C@@H](CC=C5C[C@H](OC(C)=O)CC[C@@]54C)[C@@H]3C[C@]2(C)O1. The van der Waals surface area contributed by atoms with Gasteiger partial charge in [-0.1, -0.05) is 32.4 Å². The van der Waals surface area contributed by atoms with Crippen molar-refractivity contribution in [2.45, 2.75) is 118 Å². The summed E-state index contributed by atoms with van der Waals surface area (Å²) in [7, 11) is 0. The standard InChI is InChI=1S/C32H49NO4/c1-19(18-33-21(3)34)8-11-28-20(2)29-31(6)15-13-26-25(27(31)17-32(29,7)37-28)10-9-23-16-24(36-22(4)35)12-14-30(23,26)5/h9,19,24-27,29H,8,10-18H2,1-7H3,(H,33,34)/t19-,24-,25-,26+,27+,29-,30+,31+,32+/m1/s1. The number of hydrogen-bond donors (Lipinski definition) is 1. The Bertz CT molecular complexity index is 1010. The smallest absolute Gasteiger partial charge is 0.302 e. The third-order valence-corrected chi connectivity index (χ3v) is 11.5. The Balaban J connectivity index is 1.32. The Hall–Kier alpha value is -1.78. The first kappa shape index (κ1) is 26.8. The molecule has 1 N–H and O–H groups in total. The van der Waals surface area contributed by atoms with E-state index in [0.717, 1.165) is 56.9 Å². The van der Waals surface area contributed by atoms with Crippen molar-refractivity contribution in [3.63, 3.8) is 0 Å². The van der Waals surface area contributed by atoms with E-state index >= 15 is 0 Å². The highest BCUT2D eigenvalue weighted by molar-refractivity contribution is 5.72. The summed E-state index contributed by atoms with van der Waals surface area (Å²) in [6, 6.07) is 0. The fraction of sp³-hybridized carbons (Fsp3) is 0.812. The highest BCUT2D eigenvalue weighted by atomic mass is 16.5. The van der Waals surface area contributed by atoms with Gasteiger partial charge in [0.1, 0.15) is 11.7 Å². The van der Waals surface area contributed by atoms with Crippen LogP contribution in [0.2, 0.25) is 0 Å². The molecule has 0 aromatic heterocycles. The molecule has 1 amide bonds. The first-order chi connectivity index (χ1) is 17.4. The molecule has 0 aromatic rings. The van der Waals surface area contributed by atoms with E-state index in [1.54, 1.807) is 12.5 Å². The number of nitrogens with one attached hydrogen (secondary N) is 1. The van der Waals surface area contributed by atoms with Crippen LogP contribution in [0.15, 0.2) is 23.0 Å². The monoisotopic (exact) mass is 511 g/mol. The average Bonchev–Trinajstić information content (AvgIpc) is 3.22. The lowest BCUT2D eigenvalue weighted by molar-refractivity contribution is -0.148. The van der Waals surface area contributed by atoms with Crippen molar-refractivity contribution in [3.05, 3.63) is 23.0 Å². The number of amides is 1. The van der Waals surface area contributed by atoms with Crippen LogP contribution in [0.3, 0.4) is 0 Å². The van der Waals surface area contributed by atoms with E-state index in [1.807, 2.05) is 0 Å². The number of allylic oxidation sites excluding steroid dienone is 2. The van der Waals surface area contributed by atoms with Crippen LogP contribution in [0.5, 0.6) is 0 Å². The van der Waals surface area contributed by atoms with Gasteiger partial charge in [-0.3, -0.25) is 9.59 Å². The zero-order valence-electron chi connectivity index (χ0n) is 24.2. The van der Waals surface area contributed by atoms with Gasteiger partial charge in [0.05, 0.1) is 5.76 Å². The molecule has 3 saturated carbocycles. The largest absolute Gasteiger partial charge is 0.491 e. The average molecular weight is 512 g/mol. The summed E-state index contributed by atoms with van der Waals surface area (Å²) < 4.78 is 12.5. The van der Waals surface area contributed by atoms with Crippen molar-refractivity contribution in [1.29, 1.82) is 0 Å². The second-order valence-corrected chi connectivity index (χ2v) is 14.0. The van der Waals surface area contributed by atoms with Crippen molar-refractivity contribution < 1.29 is 19.1 Å². The topological polar surface area (TPSA) is 64.6 Å². The van der Waals surface area contributed by atoms with Gasteiger partial charge in [-0.2, -0.15) is 0 Å². The Morgan fingerprint density at radius 1 is 1.16 bits per heavy atom. The zero-order valence-corrected chi connectivity index (χ0v) is 24.2. The Kier molecular flexibility index (Phi) is 6.85. The van der Waals surface area contributed by atoms with Crippen LogP contribution in [-0.4, -0.2) is 30.1 Å². The van der Waals surface area contributed by atoms with Gasteiger partial charge in [0.2, 0.25) is 5.91 Å². The Labute approximate surface area is 224 Å². The van der Waals surface area contributed by atoms with Crippen LogP contribution < -0.4 is 5.32 Å². The van der Waals surface area contributed by atoms with E-state index < -0.39 is 0 Å². The third kappa shape index (κ3) is 4.46. The molecular weight excluding hydrogens is 462 g/mol. The number of carbonyl (C=O) groups is 2. The minimum Gasteiger partial charge on any atom is -0.491 e. The predicted molar refractivity (Wildman–Crippen MR) is 145 cm³/mol. The van der Waals surface area contributed by atoms with E-state index in [1.165, 1.54) is 37.5 Å². The molecule has 4 aliphatic carbocycles. The van der Waals surface area contributed by atoms with Crippen molar-refractivity contribution >= 4 is 11.9 Å². The highest BCUT2D eigenvalue weighted by Gasteiger charge is 2.67. The number of rotatable bonds is 6. The van der Waals surface area contributed by atoms with Gasteiger partial charge in [-0.25, -0.2) is 0 Å². The molecule has 0 bridgehead atoms. The van der Waals surface area contributed by atoms with E-state index in [4.69, 9.17) is 9.47 Å². The molecule has 0 spiro atoms. The molecule has 3 fully saturated rings. The summed E-state index contributed by atoms with van der Waals surface area (Å²) in [4.78, 5) is 22.9. The molecule has 0 radical (unpaired) electrons. The molecule has 5 nitrogen and oxygen atoms in total. The summed E-state index contributed by atoms with van der Waals surface area (Å²) in [5.41, 5.74) is 3.51. The normalized spacial score (nSPS) is 43.0. The maximum Gasteiger partial charge on any atom is 0.302 e. The fourth-order valence-corrected chi connectivity index (χ4v) is 9.93. The van der Waals surface area contributed by atoms with Crippen molar-refractivity contribution in [1.82, 2.24) is 5.32 Å². The second kappa shape index (κ2) is 9.45. The summed E-state index contributed by atoms with van der Waals surface area (Å²) in [6.07, 6.45) is 12.6.